The van der Waals surface area contributed by atoms with Gasteiger partial charge in [-0.1, -0.05) is 6.07 Å². The number of likely N-dealkylation sites (N-methyl/N-ethyl adjacent to an activating group) is 2. The third-order valence-electron chi connectivity index (χ3n) is 4.15. The van der Waals surface area contributed by atoms with Crippen molar-refractivity contribution in [2.75, 3.05) is 33.7 Å². The average Bonchev–Trinajstić information content (AvgIpc) is 2.36. The van der Waals surface area contributed by atoms with Gasteiger partial charge in [-0.25, -0.2) is 0 Å². The van der Waals surface area contributed by atoms with Crippen LogP contribution in [0.2, 0.25) is 0 Å². The van der Waals surface area contributed by atoms with Crippen LogP contribution in [-0.2, 0) is 6.54 Å². The lowest BCUT2D eigenvalue weighted by molar-refractivity contribution is -0.00865. The van der Waals surface area contributed by atoms with E-state index >= 15 is 0 Å². The predicted molar refractivity (Wildman–Crippen MR) is 79.1 cm³/mol. The van der Waals surface area contributed by atoms with E-state index in [-0.39, 0.29) is 5.54 Å². The fraction of sp³-hybridized carbons (Fsp3) is 0.667. The third-order valence-corrected chi connectivity index (χ3v) is 4.15. The lowest BCUT2D eigenvalue weighted by Crippen LogP contribution is -2.64. The van der Waals surface area contributed by atoms with Gasteiger partial charge in [-0.05, 0) is 39.6 Å². The third kappa shape index (κ3) is 3.53. The van der Waals surface area contributed by atoms with Gasteiger partial charge in [-0.2, -0.15) is 0 Å². The fourth-order valence-electron chi connectivity index (χ4n) is 2.95. The Balaban J connectivity index is 2.05. The van der Waals surface area contributed by atoms with Gasteiger partial charge in [0.25, 0.3) is 0 Å². The summed E-state index contributed by atoms with van der Waals surface area (Å²) < 4.78 is 0. The summed E-state index contributed by atoms with van der Waals surface area (Å²) in [5.74, 6) is 0. The number of hydrogen-bond donors (Lipinski definition) is 1. The molecule has 0 aliphatic carbocycles. The quantitative estimate of drug-likeness (QED) is 0.883. The summed E-state index contributed by atoms with van der Waals surface area (Å²) in [4.78, 5) is 9.25. The molecule has 0 bridgehead atoms. The largest absolute Gasteiger partial charge is 0.318 e. The Bertz CT molecular complexity index is 390. The van der Waals surface area contributed by atoms with Gasteiger partial charge in [-0.3, -0.25) is 14.8 Å². The maximum absolute atomic E-state index is 4.21. The summed E-state index contributed by atoms with van der Waals surface area (Å²) in [6.07, 6.45) is 3.81. The van der Waals surface area contributed by atoms with Crippen LogP contribution in [-0.4, -0.2) is 60.1 Å². The van der Waals surface area contributed by atoms with Gasteiger partial charge in [0.15, 0.2) is 0 Å². The summed E-state index contributed by atoms with van der Waals surface area (Å²) in [6, 6.07) is 4.73. The molecule has 1 fully saturated rings. The first kappa shape index (κ1) is 14.4. The number of rotatable bonds is 4. The monoisotopic (exact) mass is 262 g/mol. The SMILES string of the molecule is CNCC1CN(Cc2cccnc2)CC(C)(C)N1C. The maximum Gasteiger partial charge on any atom is 0.0350 e. The summed E-state index contributed by atoms with van der Waals surface area (Å²) >= 11 is 0. The standard InChI is InChI=1S/C15H26N4/c1-15(2)12-19(10-13-6-5-7-17-8-13)11-14(9-16-3)18(15)4/h5-8,14,16H,9-12H2,1-4H3. The molecule has 0 amide bonds. The zero-order valence-electron chi connectivity index (χ0n) is 12.6. The normalized spacial score (nSPS) is 24.5. The van der Waals surface area contributed by atoms with Crippen LogP contribution >= 0.6 is 0 Å². The molecule has 1 aromatic heterocycles. The molecule has 1 unspecified atom stereocenters. The molecule has 1 N–H and O–H groups in total. The van der Waals surface area contributed by atoms with E-state index in [9.17, 15) is 0 Å². The highest BCUT2D eigenvalue weighted by Gasteiger charge is 2.36. The van der Waals surface area contributed by atoms with Crippen molar-refractivity contribution in [2.24, 2.45) is 0 Å². The Hall–Kier alpha value is -0.970. The molecule has 2 rings (SSSR count). The molecule has 0 aromatic carbocycles. The summed E-state index contributed by atoms with van der Waals surface area (Å²) in [6.45, 7) is 8.87. The van der Waals surface area contributed by atoms with Crippen molar-refractivity contribution in [3.05, 3.63) is 30.1 Å². The lowest BCUT2D eigenvalue weighted by atomic mass is 9.95. The predicted octanol–water partition coefficient (Wildman–Crippen LogP) is 1.20. The van der Waals surface area contributed by atoms with Crippen LogP contribution in [0.5, 0.6) is 0 Å². The zero-order valence-corrected chi connectivity index (χ0v) is 12.6. The first-order valence-corrected chi connectivity index (χ1v) is 7.02. The molecule has 1 aromatic rings. The first-order valence-electron chi connectivity index (χ1n) is 7.02. The Labute approximate surface area is 116 Å². The first-order chi connectivity index (χ1) is 9.03. The Morgan fingerprint density at radius 3 is 2.89 bits per heavy atom. The van der Waals surface area contributed by atoms with E-state index in [1.807, 2.05) is 25.5 Å². The highest BCUT2D eigenvalue weighted by molar-refractivity contribution is 5.09. The fourth-order valence-corrected chi connectivity index (χ4v) is 2.95. The zero-order chi connectivity index (χ0) is 13.9. The van der Waals surface area contributed by atoms with E-state index in [0.29, 0.717) is 6.04 Å². The average molecular weight is 262 g/mol. The van der Waals surface area contributed by atoms with Crippen LogP contribution in [0.15, 0.2) is 24.5 Å². The van der Waals surface area contributed by atoms with Gasteiger partial charge in [0, 0.05) is 50.2 Å². The minimum Gasteiger partial charge on any atom is -0.318 e. The van der Waals surface area contributed by atoms with Crippen LogP contribution in [0.4, 0.5) is 0 Å². The molecule has 0 saturated carbocycles. The number of hydrogen-bond acceptors (Lipinski definition) is 4. The highest BCUT2D eigenvalue weighted by atomic mass is 15.3. The summed E-state index contributed by atoms with van der Waals surface area (Å²) in [5.41, 5.74) is 1.51. The number of piperazine rings is 1. The highest BCUT2D eigenvalue weighted by Crippen LogP contribution is 2.24. The van der Waals surface area contributed by atoms with Gasteiger partial charge in [0.1, 0.15) is 0 Å². The van der Waals surface area contributed by atoms with E-state index in [2.05, 4.69) is 47.1 Å². The minimum absolute atomic E-state index is 0.210. The van der Waals surface area contributed by atoms with Gasteiger partial charge >= 0.3 is 0 Å². The summed E-state index contributed by atoms with van der Waals surface area (Å²) in [5, 5.41) is 3.31. The molecule has 1 saturated heterocycles. The van der Waals surface area contributed by atoms with Gasteiger partial charge in [0.2, 0.25) is 0 Å². The molecule has 19 heavy (non-hydrogen) atoms. The second kappa shape index (κ2) is 5.99. The lowest BCUT2D eigenvalue weighted by Gasteiger charge is -2.50. The molecular formula is C15H26N4. The molecule has 4 heteroatoms. The molecule has 1 atom stereocenters. The van der Waals surface area contributed by atoms with Crippen molar-refractivity contribution in [2.45, 2.75) is 32.0 Å². The second-order valence-corrected chi connectivity index (χ2v) is 6.17. The molecular weight excluding hydrogens is 236 g/mol. The van der Waals surface area contributed by atoms with E-state index in [1.54, 1.807) is 0 Å². The summed E-state index contributed by atoms with van der Waals surface area (Å²) in [7, 11) is 4.27. The Morgan fingerprint density at radius 2 is 2.26 bits per heavy atom. The van der Waals surface area contributed by atoms with Crippen molar-refractivity contribution < 1.29 is 0 Å². The topological polar surface area (TPSA) is 31.4 Å². The molecule has 0 radical (unpaired) electrons. The van der Waals surface area contributed by atoms with Gasteiger partial charge in [0.05, 0.1) is 0 Å². The van der Waals surface area contributed by atoms with Crippen LogP contribution < -0.4 is 5.32 Å². The molecule has 1 aliphatic heterocycles. The van der Waals surface area contributed by atoms with Crippen molar-refractivity contribution in [3.63, 3.8) is 0 Å². The Kier molecular flexibility index (Phi) is 4.55. The number of nitrogens with one attached hydrogen (secondary N) is 1. The van der Waals surface area contributed by atoms with E-state index in [4.69, 9.17) is 0 Å². The van der Waals surface area contributed by atoms with Crippen LogP contribution in [0.3, 0.4) is 0 Å². The van der Waals surface area contributed by atoms with Crippen molar-refractivity contribution in [1.82, 2.24) is 20.1 Å². The van der Waals surface area contributed by atoms with E-state index < -0.39 is 0 Å². The van der Waals surface area contributed by atoms with E-state index in [1.165, 1.54) is 5.56 Å². The number of pyridine rings is 1. The maximum atomic E-state index is 4.21. The molecule has 4 nitrogen and oxygen atoms in total. The van der Waals surface area contributed by atoms with Crippen molar-refractivity contribution >= 4 is 0 Å². The minimum atomic E-state index is 0.210. The van der Waals surface area contributed by atoms with Crippen molar-refractivity contribution in [3.8, 4) is 0 Å². The van der Waals surface area contributed by atoms with Crippen LogP contribution in [0, 0.1) is 0 Å². The number of aromatic nitrogens is 1. The van der Waals surface area contributed by atoms with Crippen LogP contribution in [0.1, 0.15) is 19.4 Å². The number of nitrogens with zero attached hydrogens (tertiary/aromatic N) is 3. The molecule has 2 heterocycles. The molecule has 106 valence electrons. The smallest absolute Gasteiger partial charge is 0.0350 e. The van der Waals surface area contributed by atoms with Gasteiger partial charge < -0.3 is 5.32 Å². The second-order valence-electron chi connectivity index (χ2n) is 6.17. The van der Waals surface area contributed by atoms with Gasteiger partial charge in [-0.15, -0.1) is 0 Å². The van der Waals surface area contributed by atoms with Crippen LogP contribution in [0.25, 0.3) is 0 Å². The Morgan fingerprint density at radius 1 is 1.47 bits per heavy atom. The van der Waals surface area contributed by atoms with E-state index in [0.717, 1.165) is 26.2 Å². The van der Waals surface area contributed by atoms with Crippen molar-refractivity contribution in [1.29, 1.82) is 0 Å². The molecule has 1 aliphatic rings. The molecule has 0 spiro atoms.